The Kier molecular flexibility index (Phi) is 6.18. The Morgan fingerprint density at radius 1 is 1.00 bits per heavy atom. The Bertz CT molecular complexity index is 524. The Hall–Kier alpha value is -1.49. The first-order valence-corrected chi connectivity index (χ1v) is 9.42. The highest BCUT2D eigenvalue weighted by Crippen LogP contribution is 2.23. The minimum atomic E-state index is -0.00867. The van der Waals surface area contributed by atoms with E-state index in [1.165, 1.54) is 19.3 Å². The van der Waals surface area contributed by atoms with Crippen molar-refractivity contribution in [3.05, 3.63) is 23.4 Å². The summed E-state index contributed by atoms with van der Waals surface area (Å²) in [6, 6.07) is 4.17. The van der Waals surface area contributed by atoms with E-state index in [4.69, 9.17) is 16.3 Å². The van der Waals surface area contributed by atoms with Crippen molar-refractivity contribution in [2.45, 2.75) is 76.0 Å². The average Bonchev–Trinajstić information content (AvgIpc) is 2.59. The summed E-state index contributed by atoms with van der Waals surface area (Å²) in [7, 11) is 0. The lowest BCUT2D eigenvalue weighted by atomic mass is 9.93. The Balaban J connectivity index is 1.37. The van der Waals surface area contributed by atoms with Gasteiger partial charge in [-0.2, -0.15) is 0 Å². The second-order valence-electron chi connectivity index (χ2n) is 6.86. The fraction of sp³-hybridized carbons (Fsp3) is 0.667. The third-order valence-corrected chi connectivity index (χ3v) is 5.16. The Morgan fingerprint density at radius 2 is 1.67 bits per heavy atom. The van der Waals surface area contributed by atoms with Crippen LogP contribution >= 0.6 is 11.6 Å². The fourth-order valence-electron chi connectivity index (χ4n) is 3.59. The second kappa shape index (κ2) is 8.56. The lowest BCUT2D eigenvalue weighted by Gasteiger charge is -2.30. The predicted molar refractivity (Wildman–Crippen MR) is 94.5 cm³/mol. The first-order chi connectivity index (χ1) is 11.7. The van der Waals surface area contributed by atoms with Crippen LogP contribution in [0.25, 0.3) is 0 Å². The van der Waals surface area contributed by atoms with Crippen molar-refractivity contribution in [3.8, 4) is 5.88 Å². The van der Waals surface area contributed by atoms with Gasteiger partial charge in [0, 0.05) is 24.3 Å². The third kappa shape index (κ3) is 5.26. The number of amides is 2. The highest BCUT2D eigenvalue weighted by Gasteiger charge is 2.24. The molecule has 1 aromatic rings. The molecule has 2 aliphatic rings. The van der Waals surface area contributed by atoms with Gasteiger partial charge < -0.3 is 15.4 Å². The quantitative estimate of drug-likeness (QED) is 0.859. The van der Waals surface area contributed by atoms with Crippen molar-refractivity contribution < 1.29 is 9.53 Å². The number of carbonyl (C=O) groups excluding carboxylic acids is 1. The summed E-state index contributed by atoms with van der Waals surface area (Å²) in [6.45, 7) is 0. The number of aromatic nitrogens is 1. The van der Waals surface area contributed by atoms with Gasteiger partial charge in [-0.15, -0.1) is 0 Å². The van der Waals surface area contributed by atoms with E-state index in [-0.39, 0.29) is 18.2 Å². The van der Waals surface area contributed by atoms with Crippen molar-refractivity contribution in [2.24, 2.45) is 0 Å². The van der Waals surface area contributed by atoms with Crippen LogP contribution in [0, 0.1) is 0 Å². The van der Waals surface area contributed by atoms with Gasteiger partial charge in [-0.3, -0.25) is 0 Å². The molecule has 132 valence electrons. The van der Waals surface area contributed by atoms with Gasteiger partial charge in [0.05, 0.1) is 5.02 Å². The minimum absolute atomic E-state index is 0.00867. The zero-order valence-corrected chi connectivity index (χ0v) is 14.7. The lowest BCUT2D eigenvalue weighted by molar-refractivity contribution is 0.134. The number of urea groups is 1. The standard InChI is InChI=1S/C18H26ClN3O2/c19-13-6-11-17(20-12-13)24-16-9-7-15(8-10-16)22-18(23)21-14-4-2-1-3-5-14/h6,11-12,14-16H,1-5,7-10H2,(H2,21,22,23). The van der Waals surface area contributed by atoms with Crippen molar-refractivity contribution in [3.63, 3.8) is 0 Å². The van der Waals surface area contributed by atoms with Crippen LogP contribution in [0.1, 0.15) is 57.8 Å². The topological polar surface area (TPSA) is 63.2 Å². The molecule has 1 aromatic heterocycles. The van der Waals surface area contributed by atoms with Crippen LogP contribution in [0.4, 0.5) is 4.79 Å². The van der Waals surface area contributed by atoms with Crippen molar-refractivity contribution >= 4 is 17.6 Å². The molecule has 0 aromatic carbocycles. The van der Waals surface area contributed by atoms with Crippen LogP contribution in [-0.4, -0.2) is 29.2 Å². The van der Waals surface area contributed by atoms with Gasteiger partial charge in [-0.05, 0) is 44.6 Å². The molecule has 3 rings (SSSR count). The number of hydrogen-bond donors (Lipinski definition) is 2. The average molecular weight is 352 g/mol. The van der Waals surface area contributed by atoms with E-state index in [0.717, 1.165) is 38.5 Å². The molecule has 6 heteroatoms. The second-order valence-corrected chi connectivity index (χ2v) is 7.30. The molecule has 2 N–H and O–H groups in total. The molecule has 0 radical (unpaired) electrons. The van der Waals surface area contributed by atoms with Crippen LogP contribution in [0.5, 0.6) is 5.88 Å². The maximum Gasteiger partial charge on any atom is 0.315 e. The number of halogens is 1. The van der Waals surface area contributed by atoms with Crippen LogP contribution in [0.2, 0.25) is 5.02 Å². The monoisotopic (exact) mass is 351 g/mol. The highest BCUT2D eigenvalue weighted by molar-refractivity contribution is 6.30. The summed E-state index contributed by atoms with van der Waals surface area (Å²) < 4.78 is 5.89. The summed E-state index contributed by atoms with van der Waals surface area (Å²) in [5.74, 6) is 0.617. The number of carbonyl (C=O) groups is 1. The molecule has 0 unspecified atom stereocenters. The number of nitrogens with zero attached hydrogens (tertiary/aromatic N) is 1. The first-order valence-electron chi connectivity index (χ1n) is 9.04. The molecule has 5 nitrogen and oxygen atoms in total. The number of ether oxygens (including phenoxy) is 1. The van der Waals surface area contributed by atoms with Crippen LogP contribution in [-0.2, 0) is 0 Å². The van der Waals surface area contributed by atoms with Gasteiger partial charge in [0.1, 0.15) is 6.10 Å². The van der Waals surface area contributed by atoms with Gasteiger partial charge in [0.15, 0.2) is 0 Å². The molecular formula is C18H26ClN3O2. The predicted octanol–water partition coefficient (Wildman–Crippen LogP) is 4.06. The zero-order valence-electron chi connectivity index (χ0n) is 14.0. The van der Waals surface area contributed by atoms with Crippen LogP contribution < -0.4 is 15.4 Å². The SMILES string of the molecule is O=C(NC1CCCCC1)NC1CCC(Oc2ccc(Cl)cn2)CC1. The molecule has 0 aliphatic heterocycles. The molecule has 2 fully saturated rings. The number of rotatable bonds is 4. The maximum absolute atomic E-state index is 12.1. The molecule has 0 saturated heterocycles. The van der Waals surface area contributed by atoms with Crippen molar-refractivity contribution in [1.82, 2.24) is 15.6 Å². The minimum Gasteiger partial charge on any atom is -0.474 e. The van der Waals surface area contributed by atoms with Crippen molar-refractivity contribution in [1.29, 1.82) is 0 Å². The Morgan fingerprint density at radius 3 is 2.29 bits per heavy atom. The summed E-state index contributed by atoms with van der Waals surface area (Å²) in [5, 5.41) is 6.85. The largest absolute Gasteiger partial charge is 0.474 e. The third-order valence-electron chi connectivity index (χ3n) is 4.94. The van der Waals surface area contributed by atoms with Gasteiger partial charge in [0.25, 0.3) is 0 Å². The molecule has 0 atom stereocenters. The highest BCUT2D eigenvalue weighted by atomic mass is 35.5. The molecule has 2 aliphatic carbocycles. The van der Waals surface area contributed by atoms with E-state index < -0.39 is 0 Å². The smallest absolute Gasteiger partial charge is 0.315 e. The molecule has 2 amide bonds. The zero-order chi connectivity index (χ0) is 16.8. The maximum atomic E-state index is 12.1. The normalized spacial score (nSPS) is 25.0. The molecular weight excluding hydrogens is 326 g/mol. The van der Waals surface area contributed by atoms with E-state index in [0.29, 0.717) is 16.9 Å². The first kappa shape index (κ1) is 17.3. The summed E-state index contributed by atoms with van der Waals surface area (Å²) >= 11 is 5.83. The van der Waals surface area contributed by atoms with Crippen molar-refractivity contribution in [2.75, 3.05) is 0 Å². The molecule has 0 spiro atoms. The number of pyridine rings is 1. The van der Waals surface area contributed by atoms with E-state index in [1.807, 2.05) is 0 Å². The molecule has 2 saturated carbocycles. The molecule has 1 heterocycles. The number of nitrogens with one attached hydrogen (secondary N) is 2. The Labute approximate surface area is 148 Å². The lowest BCUT2D eigenvalue weighted by Crippen LogP contribution is -2.48. The summed E-state index contributed by atoms with van der Waals surface area (Å²) in [4.78, 5) is 16.3. The van der Waals surface area contributed by atoms with E-state index in [1.54, 1.807) is 18.3 Å². The van der Waals surface area contributed by atoms with Gasteiger partial charge >= 0.3 is 6.03 Å². The summed E-state index contributed by atoms with van der Waals surface area (Å²) in [5.41, 5.74) is 0. The van der Waals surface area contributed by atoms with Gasteiger partial charge in [0.2, 0.25) is 5.88 Å². The van der Waals surface area contributed by atoms with Gasteiger partial charge in [-0.25, -0.2) is 9.78 Å². The van der Waals surface area contributed by atoms with Crippen LogP contribution in [0.15, 0.2) is 18.3 Å². The van der Waals surface area contributed by atoms with E-state index in [9.17, 15) is 4.79 Å². The van der Waals surface area contributed by atoms with E-state index in [2.05, 4.69) is 15.6 Å². The molecule has 24 heavy (non-hydrogen) atoms. The van der Waals surface area contributed by atoms with Gasteiger partial charge in [-0.1, -0.05) is 30.9 Å². The molecule has 0 bridgehead atoms. The fourth-order valence-corrected chi connectivity index (χ4v) is 3.70. The number of hydrogen-bond acceptors (Lipinski definition) is 3. The van der Waals surface area contributed by atoms with E-state index >= 15 is 0 Å². The van der Waals surface area contributed by atoms with Crippen LogP contribution in [0.3, 0.4) is 0 Å². The summed E-state index contributed by atoms with van der Waals surface area (Å²) in [6.07, 6.45) is 11.5.